The van der Waals surface area contributed by atoms with E-state index in [2.05, 4.69) is 5.10 Å². The van der Waals surface area contributed by atoms with Crippen LogP contribution in [0.15, 0.2) is 12.4 Å². The number of aromatic nitrogens is 2. The number of nitrogens with zero attached hydrogens (tertiary/aromatic N) is 3. The summed E-state index contributed by atoms with van der Waals surface area (Å²) in [6.45, 7) is 5.02. The van der Waals surface area contributed by atoms with Gasteiger partial charge in [0.1, 0.15) is 0 Å². The van der Waals surface area contributed by atoms with Crippen molar-refractivity contribution >= 4 is 5.91 Å². The smallest absolute Gasteiger partial charge is 0.257 e. The number of carbonyl (C=O) groups is 1. The van der Waals surface area contributed by atoms with Crippen LogP contribution in [0.3, 0.4) is 0 Å². The zero-order valence-corrected chi connectivity index (χ0v) is 10.8. The van der Waals surface area contributed by atoms with E-state index in [-0.39, 0.29) is 12.0 Å². The number of amides is 1. The number of rotatable bonds is 4. The molecule has 1 aromatic rings. The Morgan fingerprint density at radius 3 is 3.17 bits per heavy atom. The molecule has 1 amide bonds. The Hall–Kier alpha value is -1.40. The highest BCUT2D eigenvalue weighted by molar-refractivity contribution is 5.93. The molecule has 0 spiro atoms. The Bertz CT molecular complexity index is 403. The molecule has 2 heterocycles. The fraction of sp³-hybridized carbons (Fsp3) is 0.667. The van der Waals surface area contributed by atoms with E-state index in [0.29, 0.717) is 31.9 Å². The van der Waals surface area contributed by atoms with Crippen molar-refractivity contribution in [3.05, 3.63) is 18.0 Å². The second-order valence-electron chi connectivity index (χ2n) is 4.28. The lowest BCUT2D eigenvalue weighted by molar-refractivity contribution is -0.0531. The highest BCUT2D eigenvalue weighted by Gasteiger charge is 2.25. The van der Waals surface area contributed by atoms with Crippen LogP contribution in [0.1, 0.15) is 17.3 Å². The Labute approximate surface area is 106 Å². The predicted molar refractivity (Wildman–Crippen MR) is 65.4 cm³/mol. The average Bonchev–Trinajstić information content (AvgIpc) is 2.87. The number of aryl methyl sites for hydroxylation is 1. The highest BCUT2D eigenvalue weighted by atomic mass is 16.5. The third-order valence-corrected chi connectivity index (χ3v) is 2.98. The molecule has 1 saturated heterocycles. The van der Waals surface area contributed by atoms with Crippen molar-refractivity contribution < 1.29 is 14.3 Å². The Kier molecular flexibility index (Phi) is 4.33. The first-order chi connectivity index (χ1) is 8.74. The summed E-state index contributed by atoms with van der Waals surface area (Å²) < 4.78 is 12.3. The lowest BCUT2D eigenvalue weighted by atomic mass is 10.2. The largest absolute Gasteiger partial charge is 0.382 e. The Balaban J connectivity index is 1.99. The molecule has 1 aliphatic heterocycles. The molecule has 0 aromatic carbocycles. The zero-order valence-electron chi connectivity index (χ0n) is 10.8. The summed E-state index contributed by atoms with van der Waals surface area (Å²) in [5, 5.41) is 4.12. The minimum Gasteiger partial charge on any atom is -0.382 e. The molecule has 0 saturated carbocycles. The van der Waals surface area contributed by atoms with Gasteiger partial charge < -0.3 is 14.4 Å². The molecule has 1 aromatic heterocycles. The first-order valence-electron chi connectivity index (χ1n) is 6.17. The van der Waals surface area contributed by atoms with Gasteiger partial charge in [0.05, 0.1) is 31.1 Å². The van der Waals surface area contributed by atoms with Gasteiger partial charge in [0, 0.05) is 32.9 Å². The molecule has 6 nitrogen and oxygen atoms in total. The van der Waals surface area contributed by atoms with Crippen LogP contribution in [0.2, 0.25) is 0 Å². The van der Waals surface area contributed by atoms with E-state index < -0.39 is 0 Å². The van der Waals surface area contributed by atoms with E-state index in [9.17, 15) is 4.79 Å². The van der Waals surface area contributed by atoms with Gasteiger partial charge in [-0.25, -0.2) is 0 Å². The first kappa shape index (κ1) is 13.0. The summed E-state index contributed by atoms with van der Waals surface area (Å²) in [5.74, 6) is 0.0131. The van der Waals surface area contributed by atoms with Crippen LogP contribution >= 0.6 is 0 Å². The summed E-state index contributed by atoms with van der Waals surface area (Å²) in [4.78, 5) is 14.1. The van der Waals surface area contributed by atoms with Crippen LogP contribution < -0.4 is 0 Å². The van der Waals surface area contributed by atoms with Crippen LogP contribution in [0, 0.1) is 0 Å². The van der Waals surface area contributed by atoms with Gasteiger partial charge in [-0.1, -0.05) is 0 Å². The summed E-state index contributed by atoms with van der Waals surface area (Å²) in [6, 6.07) is 0. The Morgan fingerprint density at radius 1 is 1.67 bits per heavy atom. The summed E-state index contributed by atoms with van der Waals surface area (Å²) in [7, 11) is 1.63. The standard InChI is InChI=1S/C12H19N3O3/c1-3-15-7-10(6-13-15)12(16)14-4-5-18-11(8-14)9-17-2/h6-7,11H,3-5,8-9H2,1-2H3/t11-/m1/s1. The van der Waals surface area contributed by atoms with Gasteiger partial charge in [-0.15, -0.1) is 0 Å². The summed E-state index contributed by atoms with van der Waals surface area (Å²) in [5.41, 5.74) is 0.634. The first-order valence-corrected chi connectivity index (χ1v) is 6.17. The maximum atomic E-state index is 12.3. The maximum Gasteiger partial charge on any atom is 0.257 e. The zero-order chi connectivity index (χ0) is 13.0. The second-order valence-corrected chi connectivity index (χ2v) is 4.28. The minimum absolute atomic E-state index is 0.0131. The van der Waals surface area contributed by atoms with Crippen molar-refractivity contribution in [3.63, 3.8) is 0 Å². The Morgan fingerprint density at radius 2 is 2.50 bits per heavy atom. The van der Waals surface area contributed by atoms with Gasteiger partial charge in [-0.05, 0) is 6.92 Å². The molecule has 1 atom stereocenters. The lowest BCUT2D eigenvalue weighted by Crippen LogP contribution is -2.47. The molecular weight excluding hydrogens is 234 g/mol. The number of hydrogen-bond acceptors (Lipinski definition) is 4. The maximum absolute atomic E-state index is 12.3. The molecule has 18 heavy (non-hydrogen) atoms. The topological polar surface area (TPSA) is 56.6 Å². The molecule has 0 aliphatic carbocycles. The molecule has 0 unspecified atom stereocenters. The molecule has 0 N–H and O–H groups in total. The van der Waals surface area contributed by atoms with E-state index >= 15 is 0 Å². The van der Waals surface area contributed by atoms with Crippen LogP contribution in [-0.4, -0.2) is 60.1 Å². The van der Waals surface area contributed by atoms with Crippen LogP contribution in [0.4, 0.5) is 0 Å². The molecule has 100 valence electrons. The van der Waals surface area contributed by atoms with Crippen molar-refractivity contribution in [2.75, 3.05) is 33.4 Å². The fourth-order valence-corrected chi connectivity index (χ4v) is 2.02. The number of carbonyl (C=O) groups excluding carboxylic acids is 1. The van der Waals surface area contributed by atoms with E-state index in [1.165, 1.54) is 0 Å². The SMILES string of the molecule is CCn1cc(C(=O)N2CCO[C@@H](COC)C2)cn1. The molecule has 1 aliphatic rings. The van der Waals surface area contributed by atoms with Gasteiger partial charge in [0.2, 0.25) is 0 Å². The molecule has 0 radical (unpaired) electrons. The molecule has 1 fully saturated rings. The van der Waals surface area contributed by atoms with Gasteiger partial charge in [-0.2, -0.15) is 5.10 Å². The average molecular weight is 253 g/mol. The normalized spacial score (nSPS) is 20.1. The molecule has 2 rings (SSSR count). The molecular formula is C12H19N3O3. The number of morpholine rings is 1. The fourth-order valence-electron chi connectivity index (χ4n) is 2.02. The van der Waals surface area contributed by atoms with E-state index in [1.54, 1.807) is 29.1 Å². The van der Waals surface area contributed by atoms with Gasteiger partial charge in [0.25, 0.3) is 5.91 Å². The number of hydrogen-bond donors (Lipinski definition) is 0. The summed E-state index contributed by atoms with van der Waals surface area (Å²) >= 11 is 0. The molecule has 6 heteroatoms. The quantitative estimate of drug-likeness (QED) is 0.779. The summed E-state index contributed by atoms with van der Waals surface area (Å²) in [6.07, 6.45) is 3.37. The van der Waals surface area contributed by atoms with Crippen molar-refractivity contribution in [3.8, 4) is 0 Å². The van der Waals surface area contributed by atoms with Gasteiger partial charge in [-0.3, -0.25) is 9.48 Å². The van der Waals surface area contributed by atoms with Crippen LogP contribution in [0.25, 0.3) is 0 Å². The number of methoxy groups -OCH3 is 1. The second kappa shape index (κ2) is 5.97. The highest BCUT2D eigenvalue weighted by Crippen LogP contribution is 2.10. The lowest BCUT2D eigenvalue weighted by Gasteiger charge is -2.32. The van der Waals surface area contributed by atoms with Crippen molar-refractivity contribution in [1.29, 1.82) is 0 Å². The van der Waals surface area contributed by atoms with Crippen molar-refractivity contribution in [2.24, 2.45) is 0 Å². The predicted octanol–water partition coefficient (Wildman–Crippen LogP) is 0.390. The third kappa shape index (κ3) is 2.88. The van der Waals surface area contributed by atoms with Crippen molar-refractivity contribution in [1.82, 2.24) is 14.7 Å². The van der Waals surface area contributed by atoms with Gasteiger partial charge >= 0.3 is 0 Å². The van der Waals surface area contributed by atoms with E-state index in [1.807, 2.05) is 6.92 Å². The third-order valence-electron chi connectivity index (χ3n) is 2.98. The van der Waals surface area contributed by atoms with E-state index in [4.69, 9.17) is 9.47 Å². The minimum atomic E-state index is -0.0334. The number of ether oxygens (including phenoxy) is 2. The van der Waals surface area contributed by atoms with Crippen LogP contribution in [0.5, 0.6) is 0 Å². The van der Waals surface area contributed by atoms with Gasteiger partial charge in [0.15, 0.2) is 0 Å². The van der Waals surface area contributed by atoms with Crippen molar-refractivity contribution in [2.45, 2.75) is 19.6 Å². The van der Waals surface area contributed by atoms with E-state index in [0.717, 1.165) is 6.54 Å². The monoisotopic (exact) mass is 253 g/mol. The van der Waals surface area contributed by atoms with Crippen LogP contribution in [-0.2, 0) is 16.0 Å². The molecule has 0 bridgehead atoms.